The van der Waals surface area contributed by atoms with Gasteiger partial charge in [0.2, 0.25) is 0 Å². The molecule has 1 aromatic rings. The summed E-state index contributed by atoms with van der Waals surface area (Å²) < 4.78 is 0. The minimum atomic E-state index is 1.03. The van der Waals surface area contributed by atoms with Gasteiger partial charge in [0.15, 0.2) is 0 Å². The van der Waals surface area contributed by atoms with Gasteiger partial charge in [0.25, 0.3) is 0 Å². The molecule has 0 aromatic heterocycles. The SMILES string of the molecule is CCCCCCCCc1ccccc1C=NO. The molecule has 17 heavy (non-hydrogen) atoms. The maximum atomic E-state index is 8.58. The molecule has 0 saturated carbocycles. The predicted molar refractivity (Wildman–Crippen MR) is 72.9 cm³/mol. The average molecular weight is 233 g/mol. The summed E-state index contributed by atoms with van der Waals surface area (Å²) in [5.41, 5.74) is 2.31. The number of benzene rings is 1. The van der Waals surface area contributed by atoms with E-state index in [1.54, 1.807) is 0 Å². The van der Waals surface area contributed by atoms with Crippen LogP contribution in [0, 0.1) is 0 Å². The first-order chi connectivity index (χ1) is 8.38. The molecule has 0 aliphatic carbocycles. The largest absolute Gasteiger partial charge is 0.411 e. The standard InChI is InChI=1S/C15H23NO/c1-2-3-4-5-6-7-10-14-11-8-9-12-15(14)13-16-17/h8-9,11-13,17H,2-7,10H2,1H3. The highest BCUT2D eigenvalue weighted by Crippen LogP contribution is 2.12. The lowest BCUT2D eigenvalue weighted by Gasteiger charge is -2.05. The Morgan fingerprint density at radius 2 is 1.76 bits per heavy atom. The first-order valence-electron chi connectivity index (χ1n) is 6.63. The van der Waals surface area contributed by atoms with E-state index >= 15 is 0 Å². The van der Waals surface area contributed by atoms with Crippen LogP contribution in [0.4, 0.5) is 0 Å². The zero-order valence-electron chi connectivity index (χ0n) is 10.7. The van der Waals surface area contributed by atoms with Gasteiger partial charge in [-0.2, -0.15) is 0 Å². The number of rotatable bonds is 8. The van der Waals surface area contributed by atoms with Crippen LogP contribution in [0.5, 0.6) is 0 Å². The molecular weight excluding hydrogens is 210 g/mol. The van der Waals surface area contributed by atoms with E-state index in [0.717, 1.165) is 12.0 Å². The second-order valence-electron chi connectivity index (χ2n) is 4.46. The van der Waals surface area contributed by atoms with Crippen molar-refractivity contribution in [3.8, 4) is 0 Å². The van der Waals surface area contributed by atoms with E-state index < -0.39 is 0 Å². The van der Waals surface area contributed by atoms with Gasteiger partial charge >= 0.3 is 0 Å². The fourth-order valence-electron chi connectivity index (χ4n) is 2.05. The van der Waals surface area contributed by atoms with Crippen LogP contribution in [0.3, 0.4) is 0 Å². The summed E-state index contributed by atoms with van der Waals surface area (Å²) in [5.74, 6) is 0. The minimum Gasteiger partial charge on any atom is -0.411 e. The summed E-state index contributed by atoms with van der Waals surface area (Å²) in [6, 6.07) is 8.12. The van der Waals surface area contributed by atoms with Crippen molar-refractivity contribution in [1.29, 1.82) is 0 Å². The molecule has 1 aromatic carbocycles. The third kappa shape index (κ3) is 5.53. The quantitative estimate of drug-likeness (QED) is 0.307. The first-order valence-corrected chi connectivity index (χ1v) is 6.63. The maximum absolute atomic E-state index is 8.58. The molecule has 0 atom stereocenters. The predicted octanol–water partition coefficient (Wildman–Crippen LogP) is 4.40. The van der Waals surface area contributed by atoms with E-state index in [1.807, 2.05) is 18.2 Å². The van der Waals surface area contributed by atoms with Crippen molar-refractivity contribution in [2.75, 3.05) is 0 Å². The van der Waals surface area contributed by atoms with Crippen molar-refractivity contribution in [2.45, 2.75) is 51.9 Å². The number of aryl methyl sites for hydroxylation is 1. The van der Waals surface area contributed by atoms with Crippen LogP contribution in [0.1, 0.15) is 56.6 Å². The molecule has 0 aliphatic rings. The monoisotopic (exact) mass is 233 g/mol. The van der Waals surface area contributed by atoms with Gasteiger partial charge in [-0.05, 0) is 24.0 Å². The second kappa shape index (κ2) is 8.80. The Bertz CT molecular complexity index is 333. The minimum absolute atomic E-state index is 1.03. The lowest BCUT2D eigenvalue weighted by molar-refractivity contribution is 0.322. The summed E-state index contributed by atoms with van der Waals surface area (Å²) in [7, 11) is 0. The molecule has 1 rings (SSSR count). The number of hydrogen-bond donors (Lipinski definition) is 1. The van der Waals surface area contributed by atoms with E-state index in [4.69, 9.17) is 5.21 Å². The van der Waals surface area contributed by atoms with Crippen LogP contribution in [0.25, 0.3) is 0 Å². The highest BCUT2D eigenvalue weighted by molar-refractivity contribution is 5.81. The fraction of sp³-hybridized carbons (Fsp3) is 0.533. The van der Waals surface area contributed by atoms with Gasteiger partial charge in [0.05, 0.1) is 6.21 Å². The summed E-state index contributed by atoms with van der Waals surface area (Å²) in [4.78, 5) is 0. The molecule has 0 spiro atoms. The van der Waals surface area contributed by atoms with Gasteiger partial charge in [-0.1, -0.05) is 68.4 Å². The highest BCUT2D eigenvalue weighted by atomic mass is 16.4. The third-order valence-corrected chi connectivity index (χ3v) is 3.05. The molecular formula is C15H23NO. The van der Waals surface area contributed by atoms with Crippen LogP contribution in [0.15, 0.2) is 29.4 Å². The number of unbranched alkanes of at least 4 members (excludes halogenated alkanes) is 5. The van der Waals surface area contributed by atoms with Crippen molar-refractivity contribution in [1.82, 2.24) is 0 Å². The van der Waals surface area contributed by atoms with Gasteiger partial charge < -0.3 is 5.21 Å². The van der Waals surface area contributed by atoms with Crippen LogP contribution in [-0.2, 0) is 6.42 Å². The van der Waals surface area contributed by atoms with E-state index in [2.05, 4.69) is 18.1 Å². The Morgan fingerprint density at radius 3 is 2.53 bits per heavy atom. The van der Waals surface area contributed by atoms with E-state index in [1.165, 1.54) is 50.3 Å². The first kappa shape index (κ1) is 13.8. The molecule has 0 bridgehead atoms. The van der Waals surface area contributed by atoms with Gasteiger partial charge in [-0.25, -0.2) is 0 Å². The zero-order valence-corrected chi connectivity index (χ0v) is 10.7. The molecule has 2 nitrogen and oxygen atoms in total. The van der Waals surface area contributed by atoms with Crippen molar-refractivity contribution < 1.29 is 5.21 Å². The average Bonchev–Trinajstić information content (AvgIpc) is 2.36. The molecule has 1 N–H and O–H groups in total. The molecule has 2 heteroatoms. The third-order valence-electron chi connectivity index (χ3n) is 3.05. The topological polar surface area (TPSA) is 32.6 Å². The van der Waals surface area contributed by atoms with Gasteiger partial charge in [-0.3, -0.25) is 0 Å². The summed E-state index contributed by atoms with van der Waals surface area (Å²) in [5, 5.41) is 11.7. The smallest absolute Gasteiger partial charge is 0.0736 e. The molecule has 0 unspecified atom stereocenters. The van der Waals surface area contributed by atoms with Crippen molar-refractivity contribution in [3.63, 3.8) is 0 Å². The molecule has 0 radical (unpaired) electrons. The van der Waals surface area contributed by atoms with E-state index in [-0.39, 0.29) is 0 Å². The van der Waals surface area contributed by atoms with Gasteiger partial charge in [0.1, 0.15) is 0 Å². The Morgan fingerprint density at radius 1 is 1.06 bits per heavy atom. The molecule has 0 heterocycles. The lowest BCUT2D eigenvalue weighted by Crippen LogP contribution is -1.93. The Hall–Kier alpha value is -1.31. The second-order valence-corrected chi connectivity index (χ2v) is 4.46. The van der Waals surface area contributed by atoms with Crippen LogP contribution in [0.2, 0.25) is 0 Å². The maximum Gasteiger partial charge on any atom is 0.0736 e. The highest BCUT2D eigenvalue weighted by Gasteiger charge is 1.99. The Kier molecular flexibility index (Phi) is 7.12. The van der Waals surface area contributed by atoms with Crippen LogP contribution >= 0.6 is 0 Å². The molecule has 0 fully saturated rings. The van der Waals surface area contributed by atoms with Crippen molar-refractivity contribution >= 4 is 6.21 Å². The molecule has 0 amide bonds. The van der Waals surface area contributed by atoms with Crippen molar-refractivity contribution in [2.24, 2.45) is 5.16 Å². The zero-order chi connectivity index (χ0) is 12.3. The lowest BCUT2D eigenvalue weighted by atomic mass is 10.0. The number of oxime groups is 1. The molecule has 94 valence electrons. The van der Waals surface area contributed by atoms with Crippen molar-refractivity contribution in [3.05, 3.63) is 35.4 Å². The number of hydrogen-bond acceptors (Lipinski definition) is 2. The normalized spacial score (nSPS) is 11.1. The van der Waals surface area contributed by atoms with Gasteiger partial charge in [-0.15, -0.1) is 0 Å². The van der Waals surface area contributed by atoms with Crippen LogP contribution in [-0.4, -0.2) is 11.4 Å². The fourth-order valence-corrected chi connectivity index (χ4v) is 2.05. The summed E-state index contributed by atoms with van der Waals surface area (Å²) in [6.45, 7) is 2.24. The summed E-state index contributed by atoms with van der Waals surface area (Å²) in [6.07, 6.45) is 10.5. The van der Waals surface area contributed by atoms with E-state index in [9.17, 15) is 0 Å². The Balaban J connectivity index is 2.31. The van der Waals surface area contributed by atoms with Crippen LogP contribution < -0.4 is 0 Å². The molecule has 0 aliphatic heterocycles. The van der Waals surface area contributed by atoms with E-state index in [0.29, 0.717) is 0 Å². The summed E-state index contributed by atoms with van der Waals surface area (Å²) >= 11 is 0. The number of nitrogens with zero attached hydrogens (tertiary/aromatic N) is 1. The Labute approximate surface area is 104 Å². The van der Waals surface area contributed by atoms with Gasteiger partial charge in [0, 0.05) is 0 Å². The molecule has 0 saturated heterocycles.